The van der Waals surface area contributed by atoms with Crippen molar-refractivity contribution in [1.29, 1.82) is 0 Å². The lowest BCUT2D eigenvalue weighted by atomic mass is 9.89. The highest BCUT2D eigenvalue weighted by molar-refractivity contribution is 7.86. The quantitative estimate of drug-likeness (QED) is 0.426. The van der Waals surface area contributed by atoms with E-state index in [-0.39, 0.29) is 24.9 Å². The fraction of sp³-hybridized carbons (Fsp3) is 0.538. The van der Waals surface area contributed by atoms with E-state index < -0.39 is 15.9 Å². The Hall–Kier alpha value is -1.73. The molecule has 1 heterocycles. The summed E-state index contributed by atoms with van der Waals surface area (Å²) >= 11 is 0. The molecule has 1 aliphatic heterocycles. The molecule has 1 saturated heterocycles. The third-order valence-corrected chi connectivity index (χ3v) is 7.41. The SMILES string of the molecule is CC(C)c1cc(C(C)C)c(S(=O)(=O)OCCC2(c3ccccc3)OCCO2)c(C(C)C)c1. The van der Waals surface area contributed by atoms with E-state index in [1.807, 2.05) is 70.2 Å². The summed E-state index contributed by atoms with van der Waals surface area (Å²) in [4.78, 5) is 0.314. The van der Waals surface area contributed by atoms with Gasteiger partial charge >= 0.3 is 0 Å². The Morgan fingerprint density at radius 2 is 1.41 bits per heavy atom. The van der Waals surface area contributed by atoms with Gasteiger partial charge in [-0.15, -0.1) is 0 Å². The maximum absolute atomic E-state index is 13.5. The maximum atomic E-state index is 13.5. The lowest BCUT2D eigenvalue weighted by Crippen LogP contribution is -2.29. The first-order valence-corrected chi connectivity index (χ1v) is 12.9. The molecule has 0 saturated carbocycles. The van der Waals surface area contributed by atoms with Crippen LogP contribution in [0.3, 0.4) is 0 Å². The van der Waals surface area contributed by atoms with Gasteiger partial charge in [-0.2, -0.15) is 8.42 Å². The van der Waals surface area contributed by atoms with Crippen molar-refractivity contribution in [2.75, 3.05) is 19.8 Å². The molecule has 176 valence electrons. The van der Waals surface area contributed by atoms with Gasteiger partial charge < -0.3 is 9.47 Å². The Bertz CT molecular complexity index is 975. The second-order valence-corrected chi connectivity index (χ2v) is 10.9. The van der Waals surface area contributed by atoms with Gasteiger partial charge in [0.15, 0.2) is 5.79 Å². The number of ether oxygens (including phenoxy) is 2. The van der Waals surface area contributed by atoms with E-state index in [2.05, 4.69) is 13.8 Å². The summed E-state index contributed by atoms with van der Waals surface area (Å²) in [5.74, 6) is -0.557. The summed E-state index contributed by atoms with van der Waals surface area (Å²) in [5.41, 5.74) is 3.63. The van der Waals surface area contributed by atoms with Crippen molar-refractivity contribution in [3.05, 3.63) is 64.7 Å². The van der Waals surface area contributed by atoms with E-state index in [1.165, 1.54) is 0 Å². The summed E-state index contributed by atoms with van der Waals surface area (Å²) in [6.45, 7) is 13.2. The van der Waals surface area contributed by atoms with Gasteiger partial charge in [0.25, 0.3) is 10.1 Å². The fourth-order valence-electron chi connectivity index (χ4n) is 4.13. The van der Waals surface area contributed by atoms with Gasteiger partial charge in [0.05, 0.1) is 19.8 Å². The molecule has 0 atom stereocenters. The van der Waals surface area contributed by atoms with E-state index in [0.717, 1.165) is 22.3 Å². The second-order valence-electron chi connectivity index (χ2n) is 9.33. The summed E-state index contributed by atoms with van der Waals surface area (Å²) in [7, 11) is -3.97. The van der Waals surface area contributed by atoms with Gasteiger partial charge in [0.2, 0.25) is 0 Å². The summed E-state index contributed by atoms with van der Waals surface area (Å²) in [6, 6.07) is 13.7. The topological polar surface area (TPSA) is 61.8 Å². The van der Waals surface area contributed by atoms with Gasteiger partial charge in [0.1, 0.15) is 4.90 Å². The Morgan fingerprint density at radius 1 is 0.875 bits per heavy atom. The van der Waals surface area contributed by atoms with Crippen LogP contribution in [0.15, 0.2) is 47.4 Å². The smallest absolute Gasteiger partial charge is 0.297 e. The normalized spacial score (nSPS) is 16.4. The molecule has 1 fully saturated rings. The highest BCUT2D eigenvalue weighted by atomic mass is 32.2. The fourth-order valence-corrected chi connectivity index (χ4v) is 5.71. The highest BCUT2D eigenvalue weighted by Gasteiger charge is 2.39. The van der Waals surface area contributed by atoms with E-state index in [9.17, 15) is 8.42 Å². The number of rotatable bonds is 9. The average molecular weight is 461 g/mol. The molecule has 32 heavy (non-hydrogen) atoms. The molecule has 0 aliphatic carbocycles. The zero-order valence-electron chi connectivity index (χ0n) is 20.1. The third kappa shape index (κ3) is 5.25. The maximum Gasteiger partial charge on any atom is 0.297 e. The Balaban J connectivity index is 1.91. The molecule has 3 rings (SSSR count). The van der Waals surface area contributed by atoms with E-state index >= 15 is 0 Å². The van der Waals surface area contributed by atoms with Crippen LogP contribution in [0.5, 0.6) is 0 Å². The Morgan fingerprint density at radius 3 is 1.88 bits per heavy atom. The molecule has 0 unspecified atom stereocenters. The first-order chi connectivity index (χ1) is 15.1. The molecule has 0 radical (unpaired) electrons. The molecule has 0 amide bonds. The summed E-state index contributed by atoms with van der Waals surface area (Å²) < 4.78 is 44.4. The molecule has 2 aromatic carbocycles. The number of hydrogen-bond donors (Lipinski definition) is 0. The van der Waals surface area contributed by atoms with Gasteiger partial charge in [-0.3, -0.25) is 4.18 Å². The monoisotopic (exact) mass is 460 g/mol. The molecule has 1 aliphatic rings. The van der Waals surface area contributed by atoms with Crippen molar-refractivity contribution < 1.29 is 22.1 Å². The average Bonchev–Trinajstić information content (AvgIpc) is 3.23. The Labute approximate surface area is 193 Å². The largest absolute Gasteiger partial charge is 0.343 e. The second kappa shape index (κ2) is 10.0. The predicted octanol–water partition coefficient (Wildman–Crippen LogP) is 6.05. The standard InChI is InChI=1S/C26H36O5S/c1-18(2)21-16-23(19(3)4)25(24(17-21)20(5)6)32(27,28)31-13-12-26(29-14-15-30-26)22-10-8-7-9-11-22/h7-11,16-20H,12-15H2,1-6H3. The molecule has 6 heteroatoms. The molecular formula is C26H36O5S. The van der Waals surface area contributed by atoms with Crippen LogP contribution < -0.4 is 0 Å². The van der Waals surface area contributed by atoms with E-state index in [1.54, 1.807) is 0 Å². The lowest BCUT2D eigenvalue weighted by Gasteiger charge is -2.28. The van der Waals surface area contributed by atoms with Crippen molar-refractivity contribution in [1.82, 2.24) is 0 Å². The zero-order chi connectivity index (χ0) is 23.5. The molecule has 0 N–H and O–H groups in total. The van der Waals surface area contributed by atoms with Crippen LogP contribution in [0.4, 0.5) is 0 Å². The molecule has 2 aromatic rings. The number of benzene rings is 2. The van der Waals surface area contributed by atoms with E-state index in [4.69, 9.17) is 13.7 Å². The van der Waals surface area contributed by atoms with Crippen LogP contribution >= 0.6 is 0 Å². The van der Waals surface area contributed by atoms with Gasteiger partial charge in [-0.05, 0) is 34.4 Å². The molecule has 0 spiro atoms. The predicted molar refractivity (Wildman–Crippen MR) is 126 cm³/mol. The zero-order valence-corrected chi connectivity index (χ0v) is 20.9. The van der Waals surface area contributed by atoms with Crippen LogP contribution in [0.2, 0.25) is 0 Å². The molecular weight excluding hydrogens is 424 g/mol. The summed E-state index contributed by atoms with van der Waals surface area (Å²) in [5, 5.41) is 0. The van der Waals surface area contributed by atoms with Gasteiger partial charge in [0, 0.05) is 12.0 Å². The summed E-state index contributed by atoms with van der Waals surface area (Å²) in [6.07, 6.45) is 0.286. The minimum absolute atomic E-state index is 0.0295. The van der Waals surface area contributed by atoms with Crippen molar-refractivity contribution in [2.45, 2.75) is 76.4 Å². The minimum atomic E-state index is -3.97. The first-order valence-electron chi connectivity index (χ1n) is 11.5. The first kappa shape index (κ1) is 24.9. The Kier molecular flexibility index (Phi) is 7.81. The van der Waals surface area contributed by atoms with Crippen molar-refractivity contribution in [2.24, 2.45) is 0 Å². The lowest BCUT2D eigenvalue weighted by molar-refractivity contribution is -0.174. The molecule has 0 bridgehead atoms. The van der Waals surface area contributed by atoms with E-state index in [0.29, 0.717) is 24.0 Å². The van der Waals surface area contributed by atoms with Crippen molar-refractivity contribution in [3.63, 3.8) is 0 Å². The van der Waals surface area contributed by atoms with Crippen LogP contribution in [0.25, 0.3) is 0 Å². The van der Waals surface area contributed by atoms with Crippen molar-refractivity contribution in [3.8, 4) is 0 Å². The van der Waals surface area contributed by atoms with Crippen LogP contribution in [-0.4, -0.2) is 28.2 Å². The van der Waals surface area contributed by atoms with Crippen LogP contribution in [0, 0.1) is 0 Å². The molecule has 0 aromatic heterocycles. The highest BCUT2D eigenvalue weighted by Crippen LogP contribution is 2.38. The third-order valence-electron chi connectivity index (χ3n) is 5.97. The minimum Gasteiger partial charge on any atom is -0.343 e. The molecule has 5 nitrogen and oxygen atoms in total. The van der Waals surface area contributed by atoms with Crippen molar-refractivity contribution >= 4 is 10.1 Å². The van der Waals surface area contributed by atoms with Gasteiger partial charge in [-0.25, -0.2) is 0 Å². The van der Waals surface area contributed by atoms with Gasteiger partial charge in [-0.1, -0.05) is 84.0 Å². The number of hydrogen-bond acceptors (Lipinski definition) is 5. The van der Waals surface area contributed by atoms with Crippen LogP contribution in [0.1, 0.15) is 88.0 Å². The van der Waals surface area contributed by atoms with Crippen LogP contribution in [-0.2, 0) is 29.6 Å².